The second kappa shape index (κ2) is 7.24. The third-order valence-corrected chi connectivity index (χ3v) is 5.00. The van der Waals surface area contributed by atoms with Crippen molar-refractivity contribution in [1.29, 1.82) is 5.26 Å². The average molecular weight is 416 g/mol. The molecule has 0 bridgehead atoms. The summed E-state index contributed by atoms with van der Waals surface area (Å²) in [7, 11) is 0. The molecule has 0 unspecified atom stereocenters. The number of aliphatic imine (C=N–C) groups is 1. The van der Waals surface area contributed by atoms with Crippen LogP contribution in [0.1, 0.15) is 39.2 Å². The highest BCUT2D eigenvalue weighted by Crippen LogP contribution is 2.32. The number of rotatable bonds is 2. The van der Waals surface area contributed by atoms with Crippen molar-refractivity contribution in [3.05, 3.63) is 40.5 Å². The highest BCUT2D eigenvalue weighted by molar-refractivity contribution is 9.10. The second-order valence-corrected chi connectivity index (χ2v) is 8.58. The number of benzene rings is 1. The van der Waals surface area contributed by atoms with Crippen molar-refractivity contribution in [1.82, 2.24) is 4.90 Å². The molecule has 136 valence electrons. The van der Waals surface area contributed by atoms with E-state index in [1.165, 1.54) is 0 Å². The van der Waals surface area contributed by atoms with Crippen molar-refractivity contribution in [2.24, 2.45) is 10.9 Å². The number of likely N-dealkylation sites (tertiary alicyclic amines) is 1. The number of nitrogens with zero attached hydrogens (tertiary/aromatic N) is 3. The summed E-state index contributed by atoms with van der Waals surface area (Å²) in [6.45, 7) is 5.93. The molecule has 1 amide bonds. The van der Waals surface area contributed by atoms with E-state index in [1.54, 1.807) is 4.90 Å². The van der Waals surface area contributed by atoms with Crippen LogP contribution in [-0.2, 0) is 4.74 Å². The molecule has 2 heterocycles. The molecule has 0 saturated carbocycles. The number of amides is 1. The summed E-state index contributed by atoms with van der Waals surface area (Å²) in [5.74, 6) is -0.188. The van der Waals surface area contributed by atoms with Crippen LogP contribution in [0.15, 0.2) is 39.9 Å². The Morgan fingerprint density at radius 2 is 2.04 bits per heavy atom. The number of allylic oxidation sites excluding steroid dienone is 1. The molecule has 0 radical (unpaired) electrons. The van der Waals surface area contributed by atoms with Crippen LogP contribution in [-0.4, -0.2) is 34.9 Å². The van der Waals surface area contributed by atoms with Gasteiger partial charge in [0.25, 0.3) is 0 Å². The highest BCUT2D eigenvalue weighted by atomic mass is 79.9. The molecule has 26 heavy (non-hydrogen) atoms. The molecule has 2 atom stereocenters. The van der Waals surface area contributed by atoms with Crippen molar-refractivity contribution in [3.63, 3.8) is 0 Å². The normalized spacial score (nSPS) is 22.7. The number of carbonyl (C=O) groups excluding carboxylic acids is 1. The molecular formula is C20H22BrN3O2. The van der Waals surface area contributed by atoms with Crippen LogP contribution >= 0.6 is 15.9 Å². The zero-order chi connectivity index (χ0) is 18.9. The van der Waals surface area contributed by atoms with Gasteiger partial charge in [0.2, 0.25) is 0 Å². The van der Waals surface area contributed by atoms with E-state index in [1.807, 2.05) is 51.2 Å². The van der Waals surface area contributed by atoms with Crippen LogP contribution in [0.25, 0.3) is 5.57 Å². The van der Waals surface area contributed by atoms with Crippen molar-refractivity contribution in [2.45, 2.75) is 45.3 Å². The molecule has 1 fully saturated rings. The van der Waals surface area contributed by atoms with Gasteiger partial charge in [0, 0.05) is 29.3 Å². The van der Waals surface area contributed by atoms with E-state index < -0.39 is 5.60 Å². The SMILES string of the molecule is CC(C)(C)OC(=O)N1C[C@@H](C#N)C[C@H]1C1=NC=C(c2ccc(Br)cc2)C1. The fraction of sp³-hybridized carbons (Fsp3) is 0.450. The van der Waals surface area contributed by atoms with Gasteiger partial charge in [0.05, 0.1) is 18.0 Å². The number of hydrogen-bond acceptors (Lipinski definition) is 4. The van der Waals surface area contributed by atoms with E-state index in [0.717, 1.165) is 21.3 Å². The maximum absolute atomic E-state index is 12.6. The summed E-state index contributed by atoms with van der Waals surface area (Å²) >= 11 is 3.45. The highest BCUT2D eigenvalue weighted by Gasteiger charge is 2.41. The summed E-state index contributed by atoms with van der Waals surface area (Å²) < 4.78 is 6.56. The fourth-order valence-electron chi connectivity index (χ4n) is 3.26. The summed E-state index contributed by atoms with van der Waals surface area (Å²) in [6.07, 6.45) is 2.78. The van der Waals surface area contributed by atoms with Gasteiger partial charge in [-0.15, -0.1) is 0 Å². The van der Waals surface area contributed by atoms with Gasteiger partial charge >= 0.3 is 6.09 Å². The zero-order valence-electron chi connectivity index (χ0n) is 15.2. The minimum absolute atomic E-state index is 0.182. The number of carbonyl (C=O) groups is 1. The standard InChI is InChI=1S/C20H22BrN3O2/c1-20(2,3)26-19(25)24-12-13(10-22)8-18(24)17-9-15(11-23-17)14-4-6-16(21)7-5-14/h4-7,11,13,18H,8-9,12H2,1-3H3/t13-,18+/m1/s1. The van der Waals surface area contributed by atoms with Crippen molar-refractivity contribution < 1.29 is 9.53 Å². The van der Waals surface area contributed by atoms with Crippen LogP contribution in [0.2, 0.25) is 0 Å². The lowest BCUT2D eigenvalue weighted by molar-refractivity contribution is 0.0262. The molecule has 1 aromatic rings. The molecule has 5 nitrogen and oxygen atoms in total. The van der Waals surface area contributed by atoms with Crippen LogP contribution in [0.3, 0.4) is 0 Å². The van der Waals surface area contributed by atoms with Crippen LogP contribution in [0.4, 0.5) is 4.79 Å². The fourth-order valence-corrected chi connectivity index (χ4v) is 3.52. The van der Waals surface area contributed by atoms with Crippen molar-refractivity contribution >= 4 is 33.3 Å². The van der Waals surface area contributed by atoms with E-state index in [0.29, 0.717) is 19.4 Å². The largest absolute Gasteiger partial charge is 0.444 e. The van der Waals surface area contributed by atoms with Crippen LogP contribution < -0.4 is 0 Å². The van der Waals surface area contributed by atoms with Gasteiger partial charge in [-0.25, -0.2) is 4.79 Å². The summed E-state index contributed by atoms with van der Waals surface area (Å²) in [4.78, 5) is 18.8. The average Bonchev–Trinajstić information content (AvgIpc) is 3.20. The lowest BCUT2D eigenvalue weighted by Gasteiger charge is -2.28. The number of hydrogen-bond donors (Lipinski definition) is 0. The quantitative estimate of drug-likeness (QED) is 0.697. The van der Waals surface area contributed by atoms with Gasteiger partial charge in [0.1, 0.15) is 5.60 Å². The first-order chi connectivity index (χ1) is 12.3. The van der Waals surface area contributed by atoms with Crippen LogP contribution in [0, 0.1) is 17.2 Å². The van der Waals surface area contributed by atoms with E-state index in [4.69, 9.17) is 4.74 Å². The molecule has 0 aromatic heterocycles. The molecule has 1 saturated heterocycles. The predicted octanol–water partition coefficient (Wildman–Crippen LogP) is 4.78. The third kappa shape index (κ3) is 4.16. The molecule has 0 N–H and O–H groups in total. The molecule has 2 aliphatic heterocycles. The summed E-state index contributed by atoms with van der Waals surface area (Å²) in [5.41, 5.74) is 2.60. The summed E-state index contributed by atoms with van der Waals surface area (Å²) in [5, 5.41) is 9.33. The van der Waals surface area contributed by atoms with Crippen molar-refractivity contribution in [2.75, 3.05) is 6.54 Å². The Morgan fingerprint density at radius 1 is 1.35 bits per heavy atom. The van der Waals surface area contributed by atoms with E-state index in [9.17, 15) is 10.1 Å². The number of halogens is 1. The maximum Gasteiger partial charge on any atom is 0.410 e. The minimum atomic E-state index is -0.565. The van der Waals surface area contributed by atoms with Gasteiger partial charge in [-0.2, -0.15) is 5.26 Å². The minimum Gasteiger partial charge on any atom is -0.444 e. The van der Waals surface area contributed by atoms with E-state index >= 15 is 0 Å². The van der Waals surface area contributed by atoms with Gasteiger partial charge < -0.3 is 4.74 Å². The maximum atomic E-state index is 12.6. The molecule has 6 heteroatoms. The van der Waals surface area contributed by atoms with Gasteiger partial charge in [0.15, 0.2) is 0 Å². The van der Waals surface area contributed by atoms with Crippen LogP contribution in [0.5, 0.6) is 0 Å². The Morgan fingerprint density at radius 3 is 2.65 bits per heavy atom. The van der Waals surface area contributed by atoms with E-state index in [-0.39, 0.29) is 18.1 Å². The zero-order valence-corrected chi connectivity index (χ0v) is 16.8. The Kier molecular flexibility index (Phi) is 5.19. The molecule has 3 rings (SSSR count). The van der Waals surface area contributed by atoms with E-state index in [2.05, 4.69) is 27.0 Å². The Bertz CT molecular complexity index is 800. The molecule has 2 aliphatic rings. The van der Waals surface area contributed by atoms with Crippen molar-refractivity contribution in [3.8, 4) is 6.07 Å². The third-order valence-electron chi connectivity index (χ3n) is 4.47. The smallest absolute Gasteiger partial charge is 0.410 e. The monoisotopic (exact) mass is 415 g/mol. The Balaban J connectivity index is 1.74. The van der Waals surface area contributed by atoms with Gasteiger partial charge in [-0.1, -0.05) is 28.1 Å². The molecule has 0 spiro atoms. The lowest BCUT2D eigenvalue weighted by Crippen LogP contribution is -2.43. The van der Waals surface area contributed by atoms with Gasteiger partial charge in [-0.3, -0.25) is 9.89 Å². The molecule has 1 aromatic carbocycles. The Hall–Kier alpha value is -2.13. The second-order valence-electron chi connectivity index (χ2n) is 7.67. The first-order valence-electron chi connectivity index (χ1n) is 8.67. The topological polar surface area (TPSA) is 65.7 Å². The van der Waals surface area contributed by atoms with Gasteiger partial charge in [-0.05, 0) is 50.5 Å². The lowest BCUT2D eigenvalue weighted by atomic mass is 9.97. The number of ether oxygens (including phenoxy) is 1. The first-order valence-corrected chi connectivity index (χ1v) is 9.47. The number of nitriles is 1. The predicted molar refractivity (Wildman–Crippen MR) is 105 cm³/mol. The molecule has 0 aliphatic carbocycles. The summed E-state index contributed by atoms with van der Waals surface area (Å²) in [6, 6.07) is 10.2. The Labute approximate surface area is 162 Å². The first kappa shape index (κ1) is 18.7. The molecular weight excluding hydrogens is 394 g/mol.